The van der Waals surface area contributed by atoms with Gasteiger partial charge in [-0.25, -0.2) is 0 Å². The topological polar surface area (TPSA) is 9.86 Å². The van der Waals surface area contributed by atoms with Gasteiger partial charge in [-0.3, -0.25) is 0 Å². The van der Waals surface area contributed by atoms with E-state index in [9.17, 15) is 0 Å². The fraction of sp³-hybridized carbons (Fsp3) is 0. The highest BCUT2D eigenvalue weighted by molar-refractivity contribution is 6.23. The second-order valence-electron chi connectivity index (χ2n) is 25.0. The van der Waals surface area contributed by atoms with E-state index in [2.05, 4.69) is 385 Å². The highest BCUT2D eigenvalue weighted by Crippen LogP contribution is 2.47. The number of para-hydroxylation sites is 4. The van der Waals surface area contributed by atoms with Crippen LogP contribution in [0.25, 0.3) is 176 Å². The zero-order valence-corrected chi connectivity index (χ0v) is 52.7. The van der Waals surface area contributed by atoms with Crippen LogP contribution in [-0.2, 0) is 0 Å². The quantitative estimate of drug-likeness (QED) is 0.128. The van der Waals surface area contributed by atoms with E-state index in [0.29, 0.717) is 0 Å². The molecule has 0 aliphatic carbocycles. The van der Waals surface area contributed by atoms with E-state index < -0.39 is 0 Å². The van der Waals surface area contributed by atoms with E-state index in [-0.39, 0.29) is 0 Å². The van der Waals surface area contributed by atoms with Crippen LogP contribution in [0.3, 0.4) is 0 Å². The van der Waals surface area contributed by atoms with Gasteiger partial charge in [0.25, 0.3) is 0 Å². The molecule has 96 heavy (non-hydrogen) atoms. The van der Waals surface area contributed by atoms with Crippen molar-refractivity contribution in [2.45, 2.75) is 0 Å². The molecule has 0 bridgehead atoms. The highest BCUT2D eigenvalue weighted by Gasteiger charge is 2.21. The van der Waals surface area contributed by atoms with Crippen molar-refractivity contribution in [2.75, 3.05) is 0 Å². The summed E-state index contributed by atoms with van der Waals surface area (Å²) >= 11 is 0. The number of hydrogen-bond acceptors (Lipinski definition) is 0. The third kappa shape index (κ3) is 9.65. The summed E-state index contributed by atoms with van der Waals surface area (Å²) in [5.74, 6) is 0. The van der Waals surface area contributed by atoms with E-state index in [0.717, 1.165) is 5.69 Å². The van der Waals surface area contributed by atoms with Crippen molar-refractivity contribution >= 4 is 86.7 Å². The molecule has 0 spiro atoms. The van der Waals surface area contributed by atoms with Crippen LogP contribution in [0.2, 0.25) is 0 Å². The summed E-state index contributed by atoms with van der Waals surface area (Å²) < 4.78 is 4.77. The monoisotopic (exact) mass is 1220 g/mol. The third-order valence-corrected chi connectivity index (χ3v) is 19.6. The van der Waals surface area contributed by atoms with Crippen molar-refractivity contribution in [1.29, 1.82) is 0 Å². The number of fused-ring (bicyclic) bond motifs is 10. The van der Waals surface area contributed by atoms with Crippen molar-refractivity contribution in [2.24, 2.45) is 0 Å². The molecule has 0 fully saturated rings. The minimum absolute atomic E-state index is 1.16. The van der Waals surface area contributed by atoms with Gasteiger partial charge in [0.1, 0.15) is 0 Å². The van der Waals surface area contributed by atoms with Crippen LogP contribution in [0.5, 0.6) is 0 Å². The molecule has 2 heterocycles. The van der Waals surface area contributed by atoms with E-state index in [1.165, 1.54) is 170 Å². The molecule has 0 aliphatic rings. The van der Waals surface area contributed by atoms with Gasteiger partial charge < -0.3 is 9.13 Å². The second kappa shape index (κ2) is 23.8. The van der Waals surface area contributed by atoms with Gasteiger partial charge in [0.2, 0.25) is 0 Å². The van der Waals surface area contributed by atoms with E-state index in [1.54, 1.807) is 0 Å². The Morgan fingerprint density at radius 3 is 0.625 bits per heavy atom. The van der Waals surface area contributed by atoms with Crippen molar-refractivity contribution < 1.29 is 0 Å². The van der Waals surface area contributed by atoms with Crippen LogP contribution < -0.4 is 0 Å². The Hall–Kier alpha value is -12.6. The average molecular weight is 1220 g/mol. The standard InChI is InChI=1S/C50H33N.C44H29N/c1-2-12-34(13-3-1)35-22-24-36(25-23-35)37-26-28-38(29-27-37)49-43-16-4-6-18-45(43)50(46-19-7-5-17-44(46)49)39-30-32-40(33-31-39)51-47-20-10-8-14-41(47)42-15-9-11-21-48(42)51;1-2-13-30(14-3-1)32-15-12-16-33(29-32)44-39-21-6-4-19-37(39)43(38-20-5-7-22-40(38)44)31-25-27-34(28-26-31)45-41-23-10-8-17-35(41)36-18-9-11-24-42(36)45/h1-33H;1-29H. The predicted octanol–water partition coefficient (Wildman–Crippen LogP) is 25.8. The third-order valence-electron chi connectivity index (χ3n) is 19.6. The van der Waals surface area contributed by atoms with Crippen molar-refractivity contribution in [3.63, 3.8) is 0 Å². The first kappa shape index (κ1) is 56.2. The summed E-state index contributed by atoms with van der Waals surface area (Å²) in [6.07, 6.45) is 0. The molecule has 19 aromatic rings. The molecule has 2 heteroatoms. The Labute approximate surface area is 557 Å². The Morgan fingerprint density at radius 2 is 0.323 bits per heavy atom. The normalized spacial score (nSPS) is 11.5. The van der Waals surface area contributed by atoms with Gasteiger partial charge in [-0.1, -0.05) is 322 Å². The minimum Gasteiger partial charge on any atom is -0.309 e. The van der Waals surface area contributed by atoms with Crippen molar-refractivity contribution in [3.8, 4) is 89.3 Å². The molecule has 17 aromatic carbocycles. The molecule has 0 atom stereocenters. The Morgan fingerprint density at radius 1 is 0.125 bits per heavy atom. The molecule has 2 nitrogen and oxygen atoms in total. The Kier molecular flexibility index (Phi) is 13.9. The lowest BCUT2D eigenvalue weighted by Gasteiger charge is -2.18. The molecule has 2 aromatic heterocycles. The van der Waals surface area contributed by atoms with Gasteiger partial charge in [0, 0.05) is 32.9 Å². The highest BCUT2D eigenvalue weighted by atomic mass is 15.0. The first-order valence-electron chi connectivity index (χ1n) is 33.1. The number of nitrogens with zero attached hydrogens (tertiary/aromatic N) is 2. The summed E-state index contributed by atoms with van der Waals surface area (Å²) in [6, 6.07) is 137. The second-order valence-corrected chi connectivity index (χ2v) is 25.0. The number of benzene rings is 17. The average Bonchev–Trinajstić information content (AvgIpc) is 1.57. The van der Waals surface area contributed by atoms with Crippen LogP contribution >= 0.6 is 0 Å². The fourth-order valence-electron chi connectivity index (χ4n) is 15.3. The van der Waals surface area contributed by atoms with Gasteiger partial charge in [-0.05, 0) is 176 Å². The summed E-state index contributed by atoms with van der Waals surface area (Å²) in [5, 5.41) is 15.2. The lowest BCUT2D eigenvalue weighted by atomic mass is 9.85. The molecule has 0 aliphatic heterocycles. The van der Waals surface area contributed by atoms with Gasteiger partial charge in [0.05, 0.1) is 22.1 Å². The number of aromatic nitrogens is 2. The van der Waals surface area contributed by atoms with E-state index in [1.807, 2.05) is 0 Å². The van der Waals surface area contributed by atoms with Crippen LogP contribution in [-0.4, -0.2) is 9.13 Å². The molecular weight excluding hydrogens is 1160 g/mol. The molecule has 19 rings (SSSR count). The minimum atomic E-state index is 1.16. The zero-order valence-electron chi connectivity index (χ0n) is 52.7. The van der Waals surface area contributed by atoms with Gasteiger partial charge >= 0.3 is 0 Å². The van der Waals surface area contributed by atoms with Crippen molar-refractivity contribution in [3.05, 3.63) is 376 Å². The molecule has 0 radical (unpaired) electrons. The Balaban J connectivity index is 0.000000141. The smallest absolute Gasteiger partial charge is 0.0541 e. The number of rotatable bonds is 9. The first-order chi connectivity index (χ1) is 47.7. The van der Waals surface area contributed by atoms with Crippen LogP contribution in [0.15, 0.2) is 376 Å². The fourth-order valence-corrected chi connectivity index (χ4v) is 15.3. The zero-order chi connectivity index (χ0) is 63.5. The molecular formula is C94H62N2. The largest absolute Gasteiger partial charge is 0.309 e. The van der Waals surface area contributed by atoms with Crippen LogP contribution in [0.4, 0.5) is 0 Å². The SMILES string of the molecule is c1ccc(-c2ccc(-c3ccc(-c4c5ccccc5c(-c5ccc(-n6c7ccccc7c7ccccc76)cc5)c5ccccc45)cc3)cc2)cc1.c1ccc(-c2cccc(-c3c4ccccc4c(-c4ccc(-n5c6ccccc6c6ccccc65)cc4)c4ccccc34)c2)cc1. The first-order valence-corrected chi connectivity index (χ1v) is 33.1. The molecule has 0 saturated carbocycles. The Bertz CT molecular complexity index is 5920. The van der Waals surface area contributed by atoms with Crippen LogP contribution in [0, 0.1) is 0 Å². The van der Waals surface area contributed by atoms with Gasteiger partial charge in [-0.2, -0.15) is 0 Å². The van der Waals surface area contributed by atoms with E-state index in [4.69, 9.17) is 0 Å². The summed E-state index contributed by atoms with van der Waals surface area (Å²) in [7, 11) is 0. The summed E-state index contributed by atoms with van der Waals surface area (Å²) in [4.78, 5) is 0. The molecule has 0 amide bonds. The summed E-state index contributed by atoms with van der Waals surface area (Å²) in [6.45, 7) is 0. The number of hydrogen-bond donors (Lipinski definition) is 0. The maximum atomic E-state index is 2.38. The maximum absolute atomic E-state index is 2.38. The van der Waals surface area contributed by atoms with Crippen LogP contribution in [0.1, 0.15) is 0 Å². The van der Waals surface area contributed by atoms with Gasteiger partial charge in [-0.15, -0.1) is 0 Å². The van der Waals surface area contributed by atoms with Gasteiger partial charge in [0.15, 0.2) is 0 Å². The van der Waals surface area contributed by atoms with E-state index >= 15 is 0 Å². The lowest BCUT2D eigenvalue weighted by Crippen LogP contribution is -1.94. The predicted molar refractivity (Wildman–Crippen MR) is 410 cm³/mol. The summed E-state index contributed by atoms with van der Waals surface area (Å²) in [5.41, 5.74) is 24.6. The van der Waals surface area contributed by atoms with Crippen molar-refractivity contribution in [1.82, 2.24) is 9.13 Å². The lowest BCUT2D eigenvalue weighted by molar-refractivity contribution is 1.18. The molecule has 0 N–H and O–H groups in total. The maximum Gasteiger partial charge on any atom is 0.0541 e. The molecule has 0 saturated heterocycles. The molecule has 0 unspecified atom stereocenters. The molecule has 448 valence electrons.